The van der Waals surface area contributed by atoms with E-state index in [9.17, 15) is 13.2 Å². The van der Waals surface area contributed by atoms with E-state index in [1.165, 1.54) is 20.3 Å². The molecule has 1 aromatic rings. The van der Waals surface area contributed by atoms with Crippen LogP contribution < -0.4 is 14.8 Å². The highest BCUT2D eigenvalue weighted by atomic mass is 32.2. The Morgan fingerprint density at radius 3 is 2.24 bits per heavy atom. The average Bonchev–Trinajstić information content (AvgIpc) is 2.27. The van der Waals surface area contributed by atoms with Crippen molar-refractivity contribution >= 4 is 22.5 Å². The fraction of sp³-hybridized carbons (Fsp3) is 0.286. The number of hydrogen-bond donors (Lipinski definition) is 1. The van der Waals surface area contributed by atoms with Crippen molar-refractivity contribution in [2.45, 2.75) is 0 Å². The van der Waals surface area contributed by atoms with Crippen LogP contribution in [-0.2, 0) is 10.5 Å². The third kappa shape index (κ3) is 4.03. The first-order chi connectivity index (χ1) is 8.05. The fourth-order valence-corrected chi connectivity index (χ4v) is 1.04. The molecule has 0 aliphatic heterocycles. The first-order valence-corrected chi connectivity index (χ1v) is 5.17. The van der Waals surface area contributed by atoms with Crippen molar-refractivity contribution < 1.29 is 22.7 Å². The van der Waals surface area contributed by atoms with Gasteiger partial charge in [-0.15, -0.1) is 0 Å². The van der Waals surface area contributed by atoms with E-state index in [0.29, 0.717) is 0 Å². The molecule has 9 nitrogen and oxygen atoms in total. The van der Waals surface area contributed by atoms with Crippen molar-refractivity contribution in [3.63, 3.8) is 0 Å². The summed E-state index contributed by atoms with van der Waals surface area (Å²) in [6, 6.07) is 0.270. The van der Waals surface area contributed by atoms with Crippen LogP contribution in [0.1, 0.15) is 0 Å². The van der Waals surface area contributed by atoms with Gasteiger partial charge in [-0.2, -0.15) is 18.4 Å². The summed E-state index contributed by atoms with van der Waals surface area (Å²) < 4.78 is 32.6. The van der Waals surface area contributed by atoms with Gasteiger partial charge in [-0.1, -0.05) is 4.36 Å². The van der Waals surface area contributed by atoms with Crippen molar-refractivity contribution in [1.82, 2.24) is 9.97 Å². The van der Waals surface area contributed by atoms with E-state index in [2.05, 4.69) is 14.3 Å². The first-order valence-electron chi connectivity index (χ1n) is 4.14. The lowest BCUT2D eigenvalue weighted by Gasteiger charge is -2.05. The molecule has 1 heterocycles. The summed E-state index contributed by atoms with van der Waals surface area (Å²) in [7, 11) is -0.108. The van der Waals surface area contributed by atoms with E-state index in [4.69, 9.17) is 9.47 Å². The predicted molar refractivity (Wildman–Crippen MR) is 55.5 cm³/mol. The Bertz CT molecular complexity index is 525. The van der Waals surface area contributed by atoms with Crippen LogP contribution in [0.4, 0.5) is 10.7 Å². The van der Waals surface area contributed by atoms with Gasteiger partial charge in [-0.25, -0.2) is 4.79 Å². The summed E-state index contributed by atoms with van der Waals surface area (Å²) in [6.45, 7) is 0. The number of rotatable bonds is 3. The number of hydrogen-bond acceptors (Lipinski definition) is 7. The first kappa shape index (κ1) is 12.8. The number of aromatic nitrogens is 2. The normalized spacial score (nSPS) is 9.29. The average molecular weight is 260 g/mol. The molecule has 0 unspecified atom stereocenters. The Hall–Kier alpha value is -2.23. The number of urea groups is 1. The molecule has 0 fully saturated rings. The molecule has 10 heteroatoms. The number of amides is 2. The molecule has 92 valence electrons. The maximum Gasteiger partial charge on any atom is 0.362 e. The zero-order valence-electron chi connectivity index (χ0n) is 8.87. The third-order valence-electron chi connectivity index (χ3n) is 1.47. The quantitative estimate of drug-likeness (QED) is 0.817. The Morgan fingerprint density at radius 2 is 1.82 bits per heavy atom. The second-order valence-corrected chi connectivity index (χ2v) is 3.13. The molecule has 0 aliphatic rings. The van der Waals surface area contributed by atoms with Crippen molar-refractivity contribution in [3.8, 4) is 11.8 Å². The molecule has 0 bridgehead atoms. The Labute approximate surface area is 97.5 Å². The molecule has 17 heavy (non-hydrogen) atoms. The van der Waals surface area contributed by atoms with Gasteiger partial charge in [-0.05, 0) is 0 Å². The lowest BCUT2D eigenvalue weighted by molar-refractivity contribution is 0.259. The largest absolute Gasteiger partial charge is 0.481 e. The highest BCUT2D eigenvalue weighted by Crippen LogP contribution is 2.17. The Balaban J connectivity index is 2.98. The topological polar surface area (TPSA) is 120 Å². The number of carbonyl (C=O) groups excluding carboxylic acids is 1. The van der Waals surface area contributed by atoms with Crippen LogP contribution >= 0.6 is 0 Å². The predicted octanol–water partition coefficient (Wildman–Crippen LogP) is 0.0884. The van der Waals surface area contributed by atoms with Gasteiger partial charge in [0.05, 0.1) is 20.3 Å². The van der Waals surface area contributed by atoms with Gasteiger partial charge in [0.1, 0.15) is 0 Å². The molecule has 0 atom stereocenters. The SMILES string of the molecule is COc1cc(OC)nc(NC(=O)N=S(=O)=O)n1. The van der Waals surface area contributed by atoms with Crippen molar-refractivity contribution in [2.24, 2.45) is 4.36 Å². The van der Waals surface area contributed by atoms with Gasteiger partial charge in [-0.3, -0.25) is 5.32 Å². The summed E-state index contributed by atoms with van der Waals surface area (Å²) in [5, 5.41) is 2.04. The lowest BCUT2D eigenvalue weighted by atomic mass is 10.6. The molecule has 2 amide bonds. The zero-order chi connectivity index (χ0) is 12.8. The second-order valence-electron chi connectivity index (χ2n) is 2.51. The summed E-state index contributed by atoms with van der Waals surface area (Å²) >= 11 is 0. The van der Waals surface area contributed by atoms with Crippen LogP contribution in [0.25, 0.3) is 0 Å². The molecule has 1 rings (SSSR count). The summed E-state index contributed by atoms with van der Waals surface area (Å²) in [6.07, 6.45) is 0. The lowest BCUT2D eigenvalue weighted by Crippen LogP contribution is -2.10. The van der Waals surface area contributed by atoms with E-state index in [1.54, 1.807) is 0 Å². The van der Waals surface area contributed by atoms with Gasteiger partial charge < -0.3 is 9.47 Å². The molecule has 0 saturated heterocycles. The van der Waals surface area contributed by atoms with Crippen LogP contribution in [0.3, 0.4) is 0 Å². The molecular weight excluding hydrogens is 252 g/mol. The monoisotopic (exact) mass is 260 g/mol. The standard InChI is InChI=1S/C7H8N4O5S/c1-15-4-3-5(16-2)9-6(8-4)10-7(12)11-17(13)14/h3H,1-2H3,(H,8,9,10,12). The summed E-state index contributed by atoms with van der Waals surface area (Å²) in [5.74, 6) is 0.117. The molecule has 0 aliphatic carbocycles. The third-order valence-corrected chi connectivity index (χ3v) is 1.79. The highest BCUT2D eigenvalue weighted by molar-refractivity contribution is 7.62. The minimum absolute atomic E-state index is 0.149. The Morgan fingerprint density at radius 1 is 1.29 bits per heavy atom. The maximum atomic E-state index is 11.0. The molecule has 1 N–H and O–H groups in total. The molecular formula is C7H8N4O5S. The van der Waals surface area contributed by atoms with Crippen LogP contribution in [0, 0.1) is 0 Å². The van der Waals surface area contributed by atoms with Gasteiger partial charge in [0, 0.05) is 0 Å². The van der Waals surface area contributed by atoms with Crippen molar-refractivity contribution in [2.75, 3.05) is 19.5 Å². The van der Waals surface area contributed by atoms with E-state index in [1.807, 2.05) is 5.32 Å². The number of methoxy groups -OCH3 is 2. The van der Waals surface area contributed by atoms with E-state index in [0.717, 1.165) is 0 Å². The summed E-state index contributed by atoms with van der Waals surface area (Å²) in [5.41, 5.74) is 0. The highest BCUT2D eigenvalue weighted by Gasteiger charge is 2.08. The van der Waals surface area contributed by atoms with Crippen LogP contribution in [0.15, 0.2) is 10.4 Å². The van der Waals surface area contributed by atoms with E-state index in [-0.39, 0.29) is 17.7 Å². The molecule has 1 aromatic heterocycles. The maximum absolute atomic E-state index is 11.0. The zero-order valence-corrected chi connectivity index (χ0v) is 9.68. The fourth-order valence-electron chi connectivity index (χ4n) is 0.855. The summed E-state index contributed by atoms with van der Waals surface area (Å²) in [4.78, 5) is 18.5. The van der Waals surface area contributed by atoms with E-state index >= 15 is 0 Å². The number of carbonyl (C=O) groups is 1. The van der Waals surface area contributed by atoms with Crippen LogP contribution in [0.2, 0.25) is 0 Å². The second kappa shape index (κ2) is 5.75. The van der Waals surface area contributed by atoms with Gasteiger partial charge in [0.25, 0.3) is 0 Å². The minimum atomic E-state index is -2.84. The van der Waals surface area contributed by atoms with Crippen molar-refractivity contribution in [3.05, 3.63) is 6.07 Å². The van der Waals surface area contributed by atoms with Crippen LogP contribution in [-0.4, -0.2) is 38.6 Å². The number of nitrogens with one attached hydrogen (secondary N) is 1. The number of ether oxygens (including phenoxy) is 2. The van der Waals surface area contributed by atoms with E-state index < -0.39 is 16.5 Å². The van der Waals surface area contributed by atoms with Crippen LogP contribution in [0.5, 0.6) is 11.8 Å². The number of nitrogens with zero attached hydrogens (tertiary/aromatic N) is 3. The molecule has 0 spiro atoms. The molecule has 0 radical (unpaired) electrons. The van der Waals surface area contributed by atoms with Gasteiger partial charge in [0.2, 0.25) is 17.7 Å². The Kier molecular flexibility index (Phi) is 4.34. The smallest absolute Gasteiger partial charge is 0.362 e. The minimum Gasteiger partial charge on any atom is -0.481 e. The van der Waals surface area contributed by atoms with Gasteiger partial charge >= 0.3 is 16.5 Å². The van der Waals surface area contributed by atoms with Gasteiger partial charge in [0.15, 0.2) is 0 Å². The molecule has 0 saturated carbocycles. The number of anilines is 1. The molecule has 0 aromatic carbocycles. The van der Waals surface area contributed by atoms with Crippen molar-refractivity contribution in [1.29, 1.82) is 0 Å².